The molecule has 0 aliphatic carbocycles. The van der Waals surface area contributed by atoms with Crippen molar-refractivity contribution < 1.29 is 4.79 Å². The molecule has 0 bridgehead atoms. The van der Waals surface area contributed by atoms with Crippen LogP contribution in [-0.4, -0.2) is 35.9 Å². The highest BCUT2D eigenvalue weighted by Gasteiger charge is 2.11. The van der Waals surface area contributed by atoms with Crippen LogP contribution in [0.15, 0.2) is 18.3 Å². The van der Waals surface area contributed by atoms with E-state index in [1.807, 2.05) is 13.1 Å². The van der Waals surface area contributed by atoms with Crippen molar-refractivity contribution in [3.63, 3.8) is 0 Å². The molecule has 0 saturated carbocycles. The molecule has 1 amide bonds. The third kappa shape index (κ3) is 4.35. The zero-order valence-corrected chi connectivity index (χ0v) is 11.6. The van der Waals surface area contributed by atoms with Gasteiger partial charge in [0.05, 0.1) is 0 Å². The molecule has 0 saturated heterocycles. The topological polar surface area (TPSA) is 45.2 Å². The number of carbonyl (C=O) groups excluding carboxylic acids is 1. The van der Waals surface area contributed by atoms with Gasteiger partial charge in [0, 0.05) is 31.9 Å². The van der Waals surface area contributed by atoms with Crippen LogP contribution in [0.3, 0.4) is 0 Å². The van der Waals surface area contributed by atoms with E-state index in [0.29, 0.717) is 5.56 Å². The second-order valence-corrected chi connectivity index (χ2v) is 4.44. The Balaban J connectivity index is 2.67. The van der Waals surface area contributed by atoms with E-state index < -0.39 is 0 Å². The molecule has 18 heavy (non-hydrogen) atoms. The van der Waals surface area contributed by atoms with Crippen LogP contribution < -0.4 is 5.32 Å². The van der Waals surface area contributed by atoms with Gasteiger partial charge in [0.2, 0.25) is 0 Å². The molecular weight excluding hydrogens is 226 g/mol. The lowest BCUT2D eigenvalue weighted by atomic mass is 10.2. The molecule has 100 valence electrons. The minimum Gasteiger partial charge on any atom is -0.370 e. The van der Waals surface area contributed by atoms with Crippen molar-refractivity contribution >= 4 is 11.7 Å². The maximum atomic E-state index is 12.1. The minimum atomic E-state index is 0.0606. The predicted octanol–water partition coefficient (Wildman–Crippen LogP) is 2.78. The number of hydrogen-bond acceptors (Lipinski definition) is 3. The average molecular weight is 249 g/mol. The Morgan fingerprint density at radius 2 is 2.17 bits per heavy atom. The molecule has 0 radical (unpaired) electrons. The number of pyridine rings is 1. The van der Waals surface area contributed by atoms with Crippen molar-refractivity contribution in [3.8, 4) is 0 Å². The Hall–Kier alpha value is -1.58. The Labute approximate surface area is 109 Å². The molecule has 1 rings (SSSR count). The molecule has 0 unspecified atom stereocenters. The second-order valence-electron chi connectivity index (χ2n) is 4.44. The average Bonchev–Trinajstić information content (AvgIpc) is 2.42. The highest BCUT2D eigenvalue weighted by atomic mass is 16.2. The van der Waals surface area contributed by atoms with Crippen LogP contribution in [0.5, 0.6) is 0 Å². The molecule has 4 nitrogen and oxygen atoms in total. The maximum Gasteiger partial charge on any atom is 0.253 e. The second kappa shape index (κ2) is 7.69. The number of nitrogens with zero attached hydrogens (tertiary/aromatic N) is 2. The number of nitrogens with one attached hydrogen (secondary N) is 1. The van der Waals surface area contributed by atoms with Crippen molar-refractivity contribution in [1.82, 2.24) is 9.88 Å². The van der Waals surface area contributed by atoms with Gasteiger partial charge in [0.25, 0.3) is 5.91 Å². The normalized spacial score (nSPS) is 10.2. The molecule has 0 fully saturated rings. The van der Waals surface area contributed by atoms with Crippen LogP contribution in [0, 0.1) is 0 Å². The van der Waals surface area contributed by atoms with Crippen LogP contribution in [0.1, 0.15) is 43.5 Å². The zero-order chi connectivity index (χ0) is 13.4. The fraction of sp³-hybridized carbons (Fsp3) is 0.571. The van der Waals surface area contributed by atoms with Crippen molar-refractivity contribution in [2.45, 2.75) is 33.1 Å². The van der Waals surface area contributed by atoms with Gasteiger partial charge in [-0.3, -0.25) is 4.79 Å². The van der Waals surface area contributed by atoms with Crippen LogP contribution in [0.25, 0.3) is 0 Å². The lowest BCUT2D eigenvalue weighted by Crippen LogP contribution is -2.27. The number of anilines is 1. The summed E-state index contributed by atoms with van der Waals surface area (Å²) in [6.07, 6.45) is 4.85. The molecule has 1 heterocycles. The fourth-order valence-corrected chi connectivity index (χ4v) is 1.63. The number of rotatable bonds is 7. The van der Waals surface area contributed by atoms with E-state index >= 15 is 0 Å². The molecule has 4 heteroatoms. The minimum absolute atomic E-state index is 0.0606. The van der Waals surface area contributed by atoms with Gasteiger partial charge in [0.1, 0.15) is 5.82 Å². The van der Waals surface area contributed by atoms with Gasteiger partial charge in [-0.15, -0.1) is 0 Å². The standard InChI is InChI=1S/C14H23N3O/c1-4-6-10-17(3)14(18)12-7-9-16-13(11-12)15-8-5-2/h7,9,11H,4-6,8,10H2,1-3H3,(H,15,16). The fourth-order valence-electron chi connectivity index (χ4n) is 1.63. The Morgan fingerprint density at radius 3 is 2.83 bits per heavy atom. The highest BCUT2D eigenvalue weighted by molar-refractivity contribution is 5.94. The number of aromatic nitrogens is 1. The monoisotopic (exact) mass is 249 g/mol. The Bertz CT molecular complexity index is 379. The van der Waals surface area contributed by atoms with Crippen molar-refractivity contribution in [2.75, 3.05) is 25.5 Å². The first-order valence-corrected chi connectivity index (χ1v) is 6.64. The smallest absolute Gasteiger partial charge is 0.253 e. The number of unbranched alkanes of at least 4 members (excludes halogenated alkanes) is 1. The zero-order valence-electron chi connectivity index (χ0n) is 11.6. The molecule has 1 aromatic rings. The first-order valence-electron chi connectivity index (χ1n) is 6.64. The van der Waals surface area contributed by atoms with Gasteiger partial charge in [0.15, 0.2) is 0 Å². The maximum absolute atomic E-state index is 12.1. The van der Waals surface area contributed by atoms with E-state index in [-0.39, 0.29) is 5.91 Å². The van der Waals surface area contributed by atoms with E-state index in [1.165, 1.54) is 0 Å². The molecule has 0 spiro atoms. The summed E-state index contributed by atoms with van der Waals surface area (Å²) < 4.78 is 0. The Morgan fingerprint density at radius 1 is 1.39 bits per heavy atom. The van der Waals surface area contributed by atoms with Gasteiger partial charge >= 0.3 is 0 Å². The number of amides is 1. The van der Waals surface area contributed by atoms with Crippen LogP contribution >= 0.6 is 0 Å². The summed E-state index contributed by atoms with van der Waals surface area (Å²) in [6, 6.07) is 3.59. The molecule has 1 aromatic heterocycles. The van der Waals surface area contributed by atoms with Crippen molar-refractivity contribution in [2.24, 2.45) is 0 Å². The number of hydrogen-bond donors (Lipinski definition) is 1. The molecular formula is C14H23N3O. The third-order valence-corrected chi connectivity index (χ3v) is 2.76. The molecule has 0 aromatic carbocycles. The molecule has 1 N–H and O–H groups in total. The van der Waals surface area contributed by atoms with Crippen LogP contribution in [0.2, 0.25) is 0 Å². The largest absolute Gasteiger partial charge is 0.370 e. The molecule has 0 atom stereocenters. The predicted molar refractivity (Wildman–Crippen MR) is 74.9 cm³/mol. The lowest BCUT2D eigenvalue weighted by molar-refractivity contribution is 0.0793. The van der Waals surface area contributed by atoms with Crippen molar-refractivity contribution in [1.29, 1.82) is 0 Å². The van der Waals surface area contributed by atoms with Gasteiger partial charge in [-0.1, -0.05) is 20.3 Å². The van der Waals surface area contributed by atoms with Gasteiger partial charge in [-0.05, 0) is 25.0 Å². The third-order valence-electron chi connectivity index (χ3n) is 2.76. The summed E-state index contributed by atoms with van der Waals surface area (Å²) >= 11 is 0. The highest BCUT2D eigenvalue weighted by Crippen LogP contribution is 2.09. The SMILES string of the molecule is CCCCN(C)C(=O)c1ccnc(NCCC)c1. The quantitative estimate of drug-likeness (QED) is 0.808. The first-order chi connectivity index (χ1) is 8.69. The molecule has 0 aliphatic heterocycles. The summed E-state index contributed by atoms with van der Waals surface area (Å²) in [4.78, 5) is 18.1. The summed E-state index contributed by atoms with van der Waals surface area (Å²) in [7, 11) is 1.84. The van der Waals surface area contributed by atoms with E-state index in [4.69, 9.17) is 0 Å². The summed E-state index contributed by atoms with van der Waals surface area (Å²) in [6.45, 7) is 5.89. The lowest BCUT2D eigenvalue weighted by Gasteiger charge is -2.17. The summed E-state index contributed by atoms with van der Waals surface area (Å²) in [5.41, 5.74) is 0.696. The molecule has 0 aliphatic rings. The van der Waals surface area contributed by atoms with Gasteiger partial charge in [-0.2, -0.15) is 0 Å². The van der Waals surface area contributed by atoms with E-state index in [9.17, 15) is 4.79 Å². The van der Waals surface area contributed by atoms with Crippen LogP contribution in [0.4, 0.5) is 5.82 Å². The van der Waals surface area contributed by atoms with Crippen LogP contribution in [-0.2, 0) is 0 Å². The van der Waals surface area contributed by atoms with E-state index in [2.05, 4.69) is 24.1 Å². The first kappa shape index (κ1) is 14.5. The summed E-state index contributed by atoms with van der Waals surface area (Å²) in [5.74, 6) is 0.831. The van der Waals surface area contributed by atoms with Gasteiger partial charge in [-0.25, -0.2) is 4.98 Å². The van der Waals surface area contributed by atoms with Gasteiger partial charge < -0.3 is 10.2 Å². The van der Waals surface area contributed by atoms with E-state index in [0.717, 1.165) is 38.2 Å². The number of carbonyl (C=O) groups is 1. The summed E-state index contributed by atoms with van der Waals surface area (Å²) in [5, 5.41) is 3.19. The van der Waals surface area contributed by atoms with E-state index in [1.54, 1.807) is 17.2 Å². The van der Waals surface area contributed by atoms with Crippen molar-refractivity contribution in [3.05, 3.63) is 23.9 Å². The Kier molecular flexibility index (Phi) is 6.19.